The van der Waals surface area contributed by atoms with Gasteiger partial charge in [-0.25, -0.2) is 9.69 Å². The molecule has 0 spiro atoms. The fourth-order valence-corrected chi connectivity index (χ4v) is 12.1. The van der Waals surface area contributed by atoms with Gasteiger partial charge in [0.15, 0.2) is 8.32 Å². The molecule has 4 aliphatic carbocycles. The number of hydrogen-bond acceptors (Lipinski definition) is 5. The standard InChI is InChI=1S/C39H67NO5Si/c1-24(2)33-23-44-36(43)40(33)35(42)26(4)34(41)17-12-25(3)30-15-16-31-29-14-13-27-22-28(45-46(10,11)37(5,6)7)18-20-38(27,8)32(29)19-21-39(30,31)9/h13,24-26,28-34,41H,12,14-23H2,1-11H3/t25-,26+,28+,29+,30-,31+,32+,33-,34-,38+,39-/m1/s1. The van der Waals surface area contributed by atoms with Crippen molar-refractivity contribution in [3.63, 3.8) is 0 Å². The second-order valence-corrected chi connectivity index (χ2v) is 23.5. The van der Waals surface area contributed by atoms with Crippen molar-refractivity contribution in [2.75, 3.05) is 6.61 Å². The summed E-state index contributed by atoms with van der Waals surface area (Å²) in [6.45, 7) is 25.5. The highest BCUT2D eigenvalue weighted by Gasteiger charge is 2.59. The van der Waals surface area contributed by atoms with E-state index in [0.29, 0.717) is 35.2 Å². The quantitative estimate of drug-likeness (QED) is 0.198. The van der Waals surface area contributed by atoms with Crippen molar-refractivity contribution in [3.05, 3.63) is 11.6 Å². The van der Waals surface area contributed by atoms with Gasteiger partial charge >= 0.3 is 6.09 Å². The van der Waals surface area contributed by atoms with Crippen molar-refractivity contribution >= 4 is 20.3 Å². The van der Waals surface area contributed by atoms with Crippen molar-refractivity contribution in [2.45, 2.75) is 163 Å². The molecule has 5 rings (SSSR count). The van der Waals surface area contributed by atoms with Gasteiger partial charge in [0.2, 0.25) is 5.91 Å². The van der Waals surface area contributed by atoms with Crippen molar-refractivity contribution in [1.82, 2.24) is 4.90 Å². The lowest BCUT2D eigenvalue weighted by molar-refractivity contribution is -0.137. The number of nitrogens with zero attached hydrogens (tertiary/aromatic N) is 1. The fraction of sp³-hybridized carbons (Fsp3) is 0.897. The zero-order chi connectivity index (χ0) is 34.0. The monoisotopic (exact) mass is 657 g/mol. The molecule has 11 atom stereocenters. The van der Waals surface area contributed by atoms with E-state index in [9.17, 15) is 14.7 Å². The number of ether oxygens (including phenoxy) is 1. The summed E-state index contributed by atoms with van der Waals surface area (Å²) in [6, 6.07) is -0.252. The van der Waals surface area contributed by atoms with E-state index in [2.05, 4.69) is 60.7 Å². The molecule has 0 aromatic carbocycles. The minimum Gasteiger partial charge on any atom is -0.447 e. The molecule has 4 fully saturated rings. The molecule has 0 aromatic rings. The minimum absolute atomic E-state index is 0.121. The first-order valence-electron chi connectivity index (χ1n) is 18.9. The maximum atomic E-state index is 13.3. The van der Waals surface area contributed by atoms with Crippen LogP contribution < -0.4 is 0 Å². The predicted octanol–water partition coefficient (Wildman–Crippen LogP) is 9.37. The summed E-state index contributed by atoms with van der Waals surface area (Å²) in [5.41, 5.74) is 2.38. The summed E-state index contributed by atoms with van der Waals surface area (Å²) in [4.78, 5) is 26.9. The van der Waals surface area contributed by atoms with Crippen molar-refractivity contribution in [3.8, 4) is 0 Å². The fourth-order valence-electron chi connectivity index (χ4n) is 10.7. The Bertz CT molecular complexity index is 1180. The molecule has 46 heavy (non-hydrogen) atoms. The molecule has 0 unspecified atom stereocenters. The molecule has 1 heterocycles. The largest absolute Gasteiger partial charge is 0.447 e. The zero-order valence-corrected chi connectivity index (χ0v) is 32.2. The highest BCUT2D eigenvalue weighted by molar-refractivity contribution is 6.74. The third-order valence-electron chi connectivity index (χ3n) is 14.9. The first kappa shape index (κ1) is 36.1. The van der Waals surface area contributed by atoms with E-state index in [-0.39, 0.29) is 29.5 Å². The molecule has 7 heteroatoms. The number of aliphatic hydroxyl groups excluding tert-OH is 1. The first-order chi connectivity index (χ1) is 21.3. The summed E-state index contributed by atoms with van der Waals surface area (Å²) in [6.07, 6.45) is 13.3. The first-order valence-corrected chi connectivity index (χ1v) is 21.8. The van der Waals surface area contributed by atoms with Gasteiger partial charge in [0.05, 0.1) is 18.1 Å². The average Bonchev–Trinajstić information content (AvgIpc) is 3.54. The van der Waals surface area contributed by atoms with Crippen LogP contribution in [0.3, 0.4) is 0 Å². The van der Waals surface area contributed by atoms with Crippen molar-refractivity contribution in [2.24, 2.45) is 52.3 Å². The topological polar surface area (TPSA) is 76.1 Å². The predicted molar refractivity (Wildman–Crippen MR) is 188 cm³/mol. The Balaban J connectivity index is 1.20. The Labute approximate surface area is 281 Å². The lowest BCUT2D eigenvalue weighted by Gasteiger charge is -2.59. The lowest BCUT2D eigenvalue weighted by atomic mass is 9.47. The molecule has 0 bridgehead atoms. The second kappa shape index (κ2) is 12.9. The van der Waals surface area contributed by atoms with Crippen LogP contribution in [0.25, 0.3) is 0 Å². The van der Waals surface area contributed by atoms with Gasteiger partial charge in [-0.05, 0) is 129 Å². The Morgan fingerprint density at radius 2 is 1.76 bits per heavy atom. The van der Waals surface area contributed by atoms with E-state index in [1.54, 1.807) is 12.5 Å². The van der Waals surface area contributed by atoms with Gasteiger partial charge in [0.25, 0.3) is 0 Å². The Kier molecular flexibility index (Phi) is 10.1. The number of cyclic esters (lactones) is 1. The number of aliphatic hydroxyl groups is 1. The maximum Gasteiger partial charge on any atom is 0.416 e. The van der Waals surface area contributed by atoms with Gasteiger partial charge in [-0.15, -0.1) is 0 Å². The van der Waals surface area contributed by atoms with Gasteiger partial charge in [0, 0.05) is 6.10 Å². The SMILES string of the molecule is CC(C)[C@H]1COC(=O)N1C(=O)[C@@H](C)[C@H](O)CC[C@@H](C)[C@H]1CC[C@H]2[C@@H]3CC=C4C[C@@H](O[Si](C)(C)C(C)(C)C)CC[C@]4(C)[C@H]3CC[C@]12C. The Hall–Kier alpha value is -1.18. The molecule has 2 amide bonds. The van der Waals surface area contributed by atoms with E-state index in [0.717, 1.165) is 30.6 Å². The molecule has 3 saturated carbocycles. The van der Waals surface area contributed by atoms with Crippen LogP contribution in [0.2, 0.25) is 18.1 Å². The van der Waals surface area contributed by atoms with E-state index in [4.69, 9.17) is 9.16 Å². The number of rotatable bonds is 9. The number of allylic oxidation sites excluding steroid dienone is 1. The van der Waals surface area contributed by atoms with Crippen LogP contribution in [0, 0.1) is 52.3 Å². The molecule has 1 saturated heterocycles. The normalized spacial score (nSPS) is 38.4. The summed E-state index contributed by atoms with van der Waals surface area (Å²) >= 11 is 0. The molecule has 0 radical (unpaired) electrons. The summed E-state index contributed by atoms with van der Waals surface area (Å²) in [7, 11) is -1.78. The summed E-state index contributed by atoms with van der Waals surface area (Å²) in [5.74, 6) is 2.69. The molecular weight excluding hydrogens is 591 g/mol. The van der Waals surface area contributed by atoms with Crippen molar-refractivity contribution < 1.29 is 23.9 Å². The van der Waals surface area contributed by atoms with E-state index < -0.39 is 26.4 Å². The smallest absolute Gasteiger partial charge is 0.416 e. The molecule has 5 aliphatic rings. The molecule has 1 aliphatic heterocycles. The van der Waals surface area contributed by atoms with E-state index in [1.807, 2.05) is 13.8 Å². The number of hydrogen-bond donors (Lipinski definition) is 1. The van der Waals surface area contributed by atoms with Gasteiger partial charge in [-0.3, -0.25) is 4.79 Å². The third-order valence-corrected chi connectivity index (χ3v) is 19.4. The van der Waals surface area contributed by atoms with E-state index >= 15 is 0 Å². The summed E-state index contributed by atoms with van der Waals surface area (Å²) < 4.78 is 12.2. The van der Waals surface area contributed by atoms with Gasteiger partial charge in [-0.2, -0.15) is 0 Å². The second-order valence-electron chi connectivity index (χ2n) is 18.7. The summed E-state index contributed by atoms with van der Waals surface area (Å²) in [5, 5.41) is 11.4. The number of carbonyl (C=O) groups excluding carboxylic acids is 2. The van der Waals surface area contributed by atoms with Gasteiger partial charge in [-0.1, -0.05) is 74.0 Å². The lowest BCUT2D eigenvalue weighted by Crippen LogP contribution is -2.52. The number of imide groups is 1. The number of fused-ring (bicyclic) bond motifs is 5. The van der Waals surface area contributed by atoms with Crippen LogP contribution in [0.5, 0.6) is 0 Å². The van der Waals surface area contributed by atoms with Crippen LogP contribution in [-0.4, -0.2) is 55.2 Å². The van der Waals surface area contributed by atoms with E-state index in [1.165, 1.54) is 49.8 Å². The molecule has 0 aromatic heterocycles. The van der Waals surface area contributed by atoms with Crippen LogP contribution in [0.15, 0.2) is 11.6 Å². The van der Waals surface area contributed by atoms with Crippen molar-refractivity contribution in [1.29, 1.82) is 0 Å². The molecule has 1 N–H and O–H groups in total. The number of amides is 2. The van der Waals surface area contributed by atoms with Gasteiger partial charge < -0.3 is 14.3 Å². The van der Waals surface area contributed by atoms with Crippen LogP contribution in [0.1, 0.15) is 127 Å². The van der Waals surface area contributed by atoms with Crippen LogP contribution in [0.4, 0.5) is 4.79 Å². The highest BCUT2D eigenvalue weighted by Crippen LogP contribution is 2.67. The van der Waals surface area contributed by atoms with Gasteiger partial charge in [0.1, 0.15) is 6.61 Å². The Morgan fingerprint density at radius 3 is 2.41 bits per heavy atom. The molecular formula is C39H67NO5Si. The van der Waals surface area contributed by atoms with Crippen LogP contribution >= 0.6 is 0 Å². The van der Waals surface area contributed by atoms with Crippen LogP contribution in [-0.2, 0) is 14.0 Å². The highest BCUT2D eigenvalue weighted by atomic mass is 28.4. The number of carbonyl (C=O) groups is 2. The molecule has 6 nitrogen and oxygen atoms in total. The molecule has 262 valence electrons. The zero-order valence-electron chi connectivity index (χ0n) is 31.2. The average molecular weight is 658 g/mol. The Morgan fingerprint density at radius 1 is 1.07 bits per heavy atom. The minimum atomic E-state index is -1.78. The maximum absolute atomic E-state index is 13.3. The third kappa shape index (κ3) is 6.32.